The quantitative estimate of drug-likeness (QED) is 0.832. The summed E-state index contributed by atoms with van der Waals surface area (Å²) in [5.41, 5.74) is 7.33. The predicted octanol–water partition coefficient (Wildman–Crippen LogP) is 3.61. The van der Waals surface area contributed by atoms with E-state index in [0.29, 0.717) is 21.5 Å². The summed E-state index contributed by atoms with van der Waals surface area (Å²) in [5.74, 6) is 0.182. The largest absolute Gasteiger partial charge is 0.392 e. The van der Waals surface area contributed by atoms with Crippen molar-refractivity contribution < 1.29 is 4.79 Å². The molecule has 5 heteroatoms. The Balaban J connectivity index is 2.10. The number of thiocarbonyl (C=S) groups is 1. The zero-order valence-corrected chi connectivity index (χ0v) is 13.8. The highest BCUT2D eigenvalue weighted by atomic mass is 35.5. The molecule has 0 radical (unpaired) electrons. The normalized spacial score (nSPS) is 17.2. The fourth-order valence-electron chi connectivity index (χ4n) is 2.85. The summed E-state index contributed by atoms with van der Waals surface area (Å²) in [5, 5.41) is 3.58. The predicted molar refractivity (Wildman–Crippen MR) is 90.8 cm³/mol. The average molecular weight is 325 g/mol. The lowest BCUT2D eigenvalue weighted by molar-refractivity contribution is 0.0932. The third-order valence-corrected chi connectivity index (χ3v) is 4.81. The van der Waals surface area contributed by atoms with Gasteiger partial charge in [0.2, 0.25) is 0 Å². The van der Waals surface area contributed by atoms with E-state index in [9.17, 15) is 4.79 Å². The molecular formula is C16H21ClN2OS. The van der Waals surface area contributed by atoms with Crippen molar-refractivity contribution in [2.24, 2.45) is 11.7 Å². The van der Waals surface area contributed by atoms with Crippen LogP contribution in [0.2, 0.25) is 5.02 Å². The van der Waals surface area contributed by atoms with Crippen molar-refractivity contribution in [3.63, 3.8) is 0 Å². The minimum atomic E-state index is -0.229. The monoisotopic (exact) mass is 324 g/mol. The van der Waals surface area contributed by atoms with Crippen LogP contribution in [0.25, 0.3) is 0 Å². The van der Waals surface area contributed by atoms with Crippen LogP contribution < -0.4 is 11.1 Å². The first-order chi connectivity index (χ1) is 9.99. The highest BCUT2D eigenvalue weighted by Gasteiger charge is 2.27. The van der Waals surface area contributed by atoms with Gasteiger partial charge in [0.15, 0.2) is 0 Å². The van der Waals surface area contributed by atoms with E-state index < -0.39 is 0 Å². The van der Waals surface area contributed by atoms with Gasteiger partial charge in [0, 0.05) is 10.6 Å². The van der Waals surface area contributed by atoms with Crippen molar-refractivity contribution in [2.75, 3.05) is 0 Å². The summed E-state index contributed by atoms with van der Waals surface area (Å²) in [4.78, 5) is 12.7. The van der Waals surface area contributed by atoms with E-state index in [1.165, 1.54) is 19.3 Å². The van der Waals surface area contributed by atoms with Crippen molar-refractivity contribution in [1.29, 1.82) is 0 Å². The third kappa shape index (κ3) is 4.17. The standard InChI is InChI=1S/C16H21ClN2OS/c1-10-7-8-12(9-13(10)17)16(20)19-14(15(18)21)11-5-3-2-4-6-11/h7-9,11,14H,2-6H2,1H3,(H2,18,21)(H,19,20). The first kappa shape index (κ1) is 16.2. The number of carbonyl (C=O) groups is 1. The van der Waals surface area contributed by atoms with E-state index in [-0.39, 0.29) is 11.9 Å². The van der Waals surface area contributed by atoms with Crippen molar-refractivity contribution in [2.45, 2.75) is 45.1 Å². The van der Waals surface area contributed by atoms with Crippen LogP contribution in [0.5, 0.6) is 0 Å². The molecular weight excluding hydrogens is 304 g/mol. The lowest BCUT2D eigenvalue weighted by atomic mass is 9.83. The van der Waals surface area contributed by atoms with Gasteiger partial charge < -0.3 is 11.1 Å². The summed E-state index contributed by atoms with van der Waals surface area (Å²) < 4.78 is 0. The molecule has 1 unspecified atom stereocenters. The number of hydrogen-bond donors (Lipinski definition) is 2. The Morgan fingerprint density at radius 1 is 1.38 bits per heavy atom. The Morgan fingerprint density at radius 3 is 2.62 bits per heavy atom. The molecule has 1 aromatic carbocycles. The Kier molecular flexibility index (Phi) is 5.59. The molecule has 3 nitrogen and oxygen atoms in total. The van der Waals surface area contributed by atoms with E-state index in [1.54, 1.807) is 12.1 Å². The van der Waals surface area contributed by atoms with Crippen LogP contribution in [0.4, 0.5) is 0 Å². The van der Waals surface area contributed by atoms with Crippen LogP contribution in [0, 0.1) is 12.8 Å². The molecule has 1 saturated carbocycles. The molecule has 1 amide bonds. The van der Waals surface area contributed by atoms with Gasteiger partial charge in [-0.05, 0) is 43.4 Å². The van der Waals surface area contributed by atoms with Crippen LogP contribution in [0.1, 0.15) is 48.0 Å². The second-order valence-electron chi connectivity index (χ2n) is 5.72. The molecule has 1 atom stereocenters. The van der Waals surface area contributed by atoms with Crippen LogP contribution in [-0.2, 0) is 0 Å². The van der Waals surface area contributed by atoms with Crippen LogP contribution >= 0.6 is 23.8 Å². The van der Waals surface area contributed by atoms with E-state index in [0.717, 1.165) is 18.4 Å². The summed E-state index contributed by atoms with van der Waals surface area (Å²) in [6.45, 7) is 1.91. The van der Waals surface area contributed by atoms with E-state index in [1.807, 2.05) is 13.0 Å². The van der Waals surface area contributed by atoms with E-state index >= 15 is 0 Å². The summed E-state index contributed by atoms with van der Waals surface area (Å²) in [7, 11) is 0. The fraction of sp³-hybridized carbons (Fsp3) is 0.500. The molecule has 1 aliphatic rings. The van der Waals surface area contributed by atoms with Crippen LogP contribution in [0.15, 0.2) is 18.2 Å². The molecule has 3 N–H and O–H groups in total. The number of hydrogen-bond acceptors (Lipinski definition) is 2. The Hall–Kier alpha value is -1.13. The first-order valence-corrected chi connectivity index (χ1v) is 8.14. The Bertz CT molecular complexity index is 541. The second kappa shape index (κ2) is 7.23. The van der Waals surface area contributed by atoms with Gasteiger partial charge in [-0.15, -0.1) is 0 Å². The van der Waals surface area contributed by atoms with Gasteiger partial charge in [-0.25, -0.2) is 0 Å². The number of nitrogens with one attached hydrogen (secondary N) is 1. The molecule has 0 saturated heterocycles. The molecule has 114 valence electrons. The van der Waals surface area contributed by atoms with Crippen molar-refractivity contribution in [3.8, 4) is 0 Å². The number of amides is 1. The Labute approximate surface area is 136 Å². The van der Waals surface area contributed by atoms with Crippen LogP contribution in [0.3, 0.4) is 0 Å². The SMILES string of the molecule is Cc1ccc(C(=O)NC(C(N)=S)C2CCCCC2)cc1Cl. The van der Waals surface area contributed by atoms with Gasteiger partial charge in [-0.1, -0.05) is 49.1 Å². The molecule has 1 fully saturated rings. The highest BCUT2D eigenvalue weighted by Crippen LogP contribution is 2.27. The molecule has 21 heavy (non-hydrogen) atoms. The maximum absolute atomic E-state index is 12.4. The van der Waals surface area contributed by atoms with Crippen molar-refractivity contribution in [3.05, 3.63) is 34.3 Å². The molecule has 0 bridgehead atoms. The molecule has 0 aliphatic heterocycles. The van der Waals surface area contributed by atoms with Gasteiger partial charge in [-0.2, -0.15) is 0 Å². The lowest BCUT2D eigenvalue weighted by Gasteiger charge is -2.30. The van der Waals surface area contributed by atoms with Crippen LogP contribution in [-0.4, -0.2) is 16.9 Å². The zero-order chi connectivity index (χ0) is 15.4. The van der Waals surface area contributed by atoms with Gasteiger partial charge in [-0.3, -0.25) is 4.79 Å². The lowest BCUT2D eigenvalue weighted by Crippen LogP contribution is -2.48. The minimum absolute atomic E-state index is 0.166. The number of nitrogens with two attached hydrogens (primary N) is 1. The summed E-state index contributed by atoms with van der Waals surface area (Å²) in [6, 6.07) is 5.07. The molecule has 1 aliphatic carbocycles. The summed E-state index contributed by atoms with van der Waals surface area (Å²) >= 11 is 11.2. The second-order valence-corrected chi connectivity index (χ2v) is 6.59. The Morgan fingerprint density at radius 2 is 2.05 bits per heavy atom. The van der Waals surface area contributed by atoms with Crippen molar-refractivity contribution >= 4 is 34.7 Å². The number of benzene rings is 1. The zero-order valence-electron chi connectivity index (χ0n) is 12.2. The maximum atomic E-state index is 12.4. The fourth-order valence-corrected chi connectivity index (χ4v) is 3.28. The average Bonchev–Trinajstić information content (AvgIpc) is 2.48. The maximum Gasteiger partial charge on any atom is 0.251 e. The summed E-state index contributed by atoms with van der Waals surface area (Å²) in [6.07, 6.45) is 5.74. The van der Waals surface area contributed by atoms with E-state index in [4.69, 9.17) is 29.6 Å². The van der Waals surface area contributed by atoms with Crippen molar-refractivity contribution in [1.82, 2.24) is 5.32 Å². The molecule has 0 aromatic heterocycles. The number of carbonyl (C=O) groups excluding carboxylic acids is 1. The third-order valence-electron chi connectivity index (χ3n) is 4.15. The number of halogens is 1. The van der Waals surface area contributed by atoms with Gasteiger partial charge in [0.25, 0.3) is 5.91 Å². The molecule has 2 rings (SSSR count). The molecule has 1 aromatic rings. The first-order valence-electron chi connectivity index (χ1n) is 7.35. The minimum Gasteiger partial charge on any atom is -0.392 e. The highest BCUT2D eigenvalue weighted by molar-refractivity contribution is 7.80. The molecule has 0 heterocycles. The number of rotatable bonds is 4. The van der Waals surface area contributed by atoms with Gasteiger partial charge >= 0.3 is 0 Å². The smallest absolute Gasteiger partial charge is 0.251 e. The van der Waals surface area contributed by atoms with Gasteiger partial charge in [0.05, 0.1) is 11.0 Å². The number of aryl methyl sites for hydroxylation is 1. The topological polar surface area (TPSA) is 55.1 Å². The van der Waals surface area contributed by atoms with Gasteiger partial charge in [0.1, 0.15) is 0 Å². The molecule has 0 spiro atoms. The van der Waals surface area contributed by atoms with E-state index in [2.05, 4.69) is 5.32 Å².